The first-order valence-corrected chi connectivity index (χ1v) is 4.60. The highest BCUT2D eigenvalue weighted by Gasteiger charge is 2.07. The molecule has 0 radical (unpaired) electrons. The number of rotatable bonds is 1. The molecule has 3 N–H and O–H groups in total. The standard InChI is InChI=1S/C6H14N2S/c7-4-6-5-9-3-1-2-8-6/h6,8H,1-5,7H2. The van der Waals surface area contributed by atoms with E-state index >= 15 is 0 Å². The molecular weight excluding hydrogens is 132 g/mol. The lowest BCUT2D eigenvalue weighted by molar-refractivity contribution is 0.571. The van der Waals surface area contributed by atoms with Crippen LogP contribution in [0.4, 0.5) is 0 Å². The smallest absolute Gasteiger partial charge is 0.0280 e. The van der Waals surface area contributed by atoms with Gasteiger partial charge in [-0.15, -0.1) is 0 Å². The molecule has 0 aromatic carbocycles. The van der Waals surface area contributed by atoms with E-state index in [-0.39, 0.29) is 0 Å². The van der Waals surface area contributed by atoms with Gasteiger partial charge in [-0.2, -0.15) is 11.8 Å². The normalized spacial score (nSPS) is 29.7. The Kier molecular flexibility index (Phi) is 3.40. The molecule has 2 nitrogen and oxygen atoms in total. The number of thioether (sulfide) groups is 1. The summed E-state index contributed by atoms with van der Waals surface area (Å²) in [4.78, 5) is 0. The van der Waals surface area contributed by atoms with Crippen molar-refractivity contribution >= 4 is 11.8 Å². The van der Waals surface area contributed by atoms with E-state index in [1.54, 1.807) is 0 Å². The molecule has 0 amide bonds. The van der Waals surface area contributed by atoms with Crippen LogP contribution in [0.1, 0.15) is 6.42 Å². The molecule has 1 aliphatic rings. The minimum absolute atomic E-state index is 0.567. The molecule has 0 aliphatic carbocycles. The molecule has 0 spiro atoms. The van der Waals surface area contributed by atoms with Crippen LogP contribution in [0.5, 0.6) is 0 Å². The third kappa shape index (κ3) is 2.56. The van der Waals surface area contributed by atoms with Gasteiger partial charge in [-0.3, -0.25) is 0 Å². The van der Waals surface area contributed by atoms with Crippen molar-refractivity contribution in [1.82, 2.24) is 5.32 Å². The van der Waals surface area contributed by atoms with Gasteiger partial charge in [0.1, 0.15) is 0 Å². The molecule has 1 aliphatic heterocycles. The van der Waals surface area contributed by atoms with Gasteiger partial charge in [0.05, 0.1) is 0 Å². The van der Waals surface area contributed by atoms with E-state index in [2.05, 4.69) is 5.32 Å². The van der Waals surface area contributed by atoms with E-state index in [4.69, 9.17) is 5.73 Å². The average molecular weight is 146 g/mol. The van der Waals surface area contributed by atoms with Crippen LogP contribution < -0.4 is 11.1 Å². The first-order chi connectivity index (χ1) is 4.43. The highest BCUT2D eigenvalue weighted by atomic mass is 32.2. The zero-order valence-electron chi connectivity index (χ0n) is 5.60. The van der Waals surface area contributed by atoms with Gasteiger partial charge < -0.3 is 11.1 Å². The zero-order chi connectivity index (χ0) is 6.53. The quantitative estimate of drug-likeness (QED) is 0.548. The maximum Gasteiger partial charge on any atom is 0.0280 e. The summed E-state index contributed by atoms with van der Waals surface area (Å²) in [5.74, 6) is 2.49. The van der Waals surface area contributed by atoms with Gasteiger partial charge >= 0.3 is 0 Å². The van der Waals surface area contributed by atoms with Gasteiger partial charge in [0.15, 0.2) is 0 Å². The Morgan fingerprint density at radius 1 is 1.67 bits per heavy atom. The highest BCUT2D eigenvalue weighted by molar-refractivity contribution is 7.99. The number of nitrogens with two attached hydrogens (primary N) is 1. The summed E-state index contributed by atoms with van der Waals surface area (Å²) in [6.45, 7) is 1.93. The summed E-state index contributed by atoms with van der Waals surface area (Å²) < 4.78 is 0. The fourth-order valence-corrected chi connectivity index (χ4v) is 1.97. The van der Waals surface area contributed by atoms with Crippen LogP contribution in [0.25, 0.3) is 0 Å². The second-order valence-electron chi connectivity index (χ2n) is 2.32. The first kappa shape index (κ1) is 7.38. The molecule has 54 valence electrons. The van der Waals surface area contributed by atoms with Crippen molar-refractivity contribution < 1.29 is 0 Å². The minimum atomic E-state index is 0.567. The van der Waals surface area contributed by atoms with Crippen molar-refractivity contribution in [3.8, 4) is 0 Å². The van der Waals surface area contributed by atoms with Crippen LogP contribution in [0.15, 0.2) is 0 Å². The van der Waals surface area contributed by atoms with Crippen molar-refractivity contribution in [2.24, 2.45) is 5.73 Å². The fraction of sp³-hybridized carbons (Fsp3) is 1.00. The van der Waals surface area contributed by atoms with Gasteiger partial charge in [-0.1, -0.05) is 0 Å². The maximum atomic E-state index is 5.50. The molecule has 3 heteroatoms. The molecule has 1 heterocycles. The number of nitrogens with one attached hydrogen (secondary N) is 1. The van der Waals surface area contributed by atoms with Crippen LogP contribution in [-0.4, -0.2) is 30.6 Å². The lowest BCUT2D eigenvalue weighted by Gasteiger charge is -2.10. The SMILES string of the molecule is NCC1CSCCCN1. The van der Waals surface area contributed by atoms with Gasteiger partial charge in [0.2, 0.25) is 0 Å². The second kappa shape index (κ2) is 4.14. The van der Waals surface area contributed by atoms with E-state index in [1.807, 2.05) is 11.8 Å². The van der Waals surface area contributed by atoms with Crippen molar-refractivity contribution in [3.05, 3.63) is 0 Å². The molecule has 1 unspecified atom stereocenters. The van der Waals surface area contributed by atoms with Gasteiger partial charge in [0, 0.05) is 18.3 Å². The summed E-state index contributed by atoms with van der Waals surface area (Å²) in [7, 11) is 0. The van der Waals surface area contributed by atoms with Gasteiger partial charge in [0.25, 0.3) is 0 Å². The molecule has 1 fully saturated rings. The predicted molar refractivity (Wildman–Crippen MR) is 42.8 cm³/mol. The molecule has 0 aromatic heterocycles. The Balaban J connectivity index is 2.18. The van der Waals surface area contributed by atoms with Crippen LogP contribution in [0, 0.1) is 0 Å². The number of hydrogen-bond donors (Lipinski definition) is 2. The second-order valence-corrected chi connectivity index (χ2v) is 3.47. The zero-order valence-corrected chi connectivity index (χ0v) is 6.41. The van der Waals surface area contributed by atoms with Crippen molar-refractivity contribution in [2.45, 2.75) is 12.5 Å². The average Bonchev–Trinajstić information content (AvgIpc) is 2.13. The molecule has 1 saturated heterocycles. The summed E-state index contributed by atoms with van der Waals surface area (Å²) >= 11 is 2.01. The Morgan fingerprint density at radius 2 is 2.56 bits per heavy atom. The summed E-state index contributed by atoms with van der Waals surface area (Å²) in [5.41, 5.74) is 5.50. The molecule has 9 heavy (non-hydrogen) atoms. The maximum absolute atomic E-state index is 5.50. The van der Waals surface area contributed by atoms with E-state index in [0.717, 1.165) is 13.1 Å². The fourth-order valence-electron chi connectivity index (χ4n) is 0.916. The lowest BCUT2D eigenvalue weighted by Crippen LogP contribution is -2.37. The Morgan fingerprint density at radius 3 is 3.33 bits per heavy atom. The number of hydrogen-bond acceptors (Lipinski definition) is 3. The topological polar surface area (TPSA) is 38.0 Å². The van der Waals surface area contributed by atoms with E-state index < -0.39 is 0 Å². The monoisotopic (exact) mass is 146 g/mol. The Bertz CT molecular complexity index is 69.5. The summed E-state index contributed by atoms with van der Waals surface area (Å²) in [5, 5.41) is 3.39. The van der Waals surface area contributed by atoms with Crippen molar-refractivity contribution in [1.29, 1.82) is 0 Å². The van der Waals surface area contributed by atoms with Gasteiger partial charge in [-0.05, 0) is 18.7 Å². The third-order valence-electron chi connectivity index (χ3n) is 1.50. The molecule has 1 rings (SSSR count). The van der Waals surface area contributed by atoms with Crippen molar-refractivity contribution in [3.63, 3.8) is 0 Å². The van der Waals surface area contributed by atoms with E-state index in [0.29, 0.717) is 6.04 Å². The van der Waals surface area contributed by atoms with Crippen LogP contribution in [0.3, 0.4) is 0 Å². The van der Waals surface area contributed by atoms with Crippen molar-refractivity contribution in [2.75, 3.05) is 24.6 Å². The minimum Gasteiger partial charge on any atom is -0.329 e. The first-order valence-electron chi connectivity index (χ1n) is 3.44. The predicted octanol–water partition coefficient (Wildman–Crippen LogP) is 0.0402. The van der Waals surface area contributed by atoms with E-state index in [9.17, 15) is 0 Å². The third-order valence-corrected chi connectivity index (χ3v) is 2.72. The summed E-state index contributed by atoms with van der Waals surface area (Å²) in [6, 6.07) is 0.567. The largest absolute Gasteiger partial charge is 0.329 e. The molecular formula is C6H14N2S. The highest BCUT2D eigenvalue weighted by Crippen LogP contribution is 2.07. The molecule has 0 bridgehead atoms. The van der Waals surface area contributed by atoms with Crippen LogP contribution in [0.2, 0.25) is 0 Å². The van der Waals surface area contributed by atoms with Crippen LogP contribution >= 0.6 is 11.8 Å². The molecule has 1 atom stereocenters. The molecule has 0 saturated carbocycles. The Hall–Kier alpha value is 0.270. The Labute approximate surface area is 60.6 Å². The van der Waals surface area contributed by atoms with E-state index in [1.165, 1.54) is 17.9 Å². The summed E-state index contributed by atoms with van der Waals surface area (Å²) in [6.07, 6.45) is 1.29. The lowest BCUT2D eigenvalue weighted by atomic mass is 10.3. The van der Waals surface area contributed by atoms with Crippen LogP contribution in [-0.2, 0) is 0 Å². The van der Waals surface area contributed by atoms with Gasteiger partial charge in [-0.25, -0.2) is 0 Å². The molecule has 0 aromatic rings.